The number of amides is 1. The second-order valence-corrected chi connectivity index (χ2v) is 5.34. The fourth-order valence-electron chi connectivity index (χ4n) is 2.65. The van der Waals surface area contributed by atoms with Gasteiger partial charge < -0.3 is 4.84 Å². The molecule has 1 amide bonds. The molecule has 0 saturated carbocycles. The minimum atomic E-state index is -0.196. The van der Waals surface area contributed by atoms with E-state index < -0.39 is 0 Å². The first-order chi connectivity index (χ1) is 11.8. The minimum Gasteiger partial charge on any atom is -0.351 e. The van der Waals surface area contributed by atoms with Crippen LogP contribution < -0.4 is 4.84 Å². The van der Waals surface area contributed by atoms with Gasteiger partial charge in [-0.15, -0.1) is 5.06 Å². The van der Waals surface area contributed by atoms with Gasteiger partial charge >= 0.3 is 0 Å². The second kappa shape index (κ2) is 6.01. The van der Waals surface area contributed by atoms with E-state index in [-0.39, 0.29) is 5.91 Å². The van der Waals surface area contributed by atoms with Crippen LogP contribution in [0.15, 0.2) is 79.0 Å². The highest BCUT2D eigenvalue weighted by atomic mass is 16.7. The molecule has 0 spiro atoms. The summed E-state index contributed by atoms with van der Waals surface area (Å²) < 4.78 is 0. The van der Waals surface area contributed by atoms with Crippen LogP contribution in [0.1, 0.15) is 21.5 Å². The van der Waals surface area contributed by atoms with Gasteiger partial charge in [-0.25, -0.2) is 4.98 Å². The molecule has 0 fully saturated rings. The maximum absolute atomic E-state index is 12.7. The SMILES string of the molecule is O=C1c2ccccc2/C(=C\c2ccccc2)N1Oc1ccccn1. The molecule has 1 aliphatic heterocycles. The zero-order valence-electron chi connectivity index (χ0n) is 12.8. The summed E-state index contributed by atoms with van der Waals surface area (Å²) in [6.45, 7) is 0. The lowest BCUT2D eigenvalue weighted by Crippen LogP contribution is -2.27. The van der Waals surface area contributed by atoms with Crippen molar-refractivity contribution >= 4 is 17.7 Å². The molecule has 4 heteroatoms. The first-order valence-corrected chi connectivity index (χ1v) is 7.62. The van der Waals surface area contributed by atoms with Crippen molar-refractivity contribution in [1.29, 1.82) is 0 Å². The third-order valence-corrected chi connectivity index (χ3v) is 3.76. The number of pyridine rings is 1. The maximum Gasteiger partial charge on any atom is 0.292 e. The summed E-state index contributed by atoms with van der Waals surface area (Å²) in [5.74, 6) is 0.177. The molecule has 0 radical (unpaired) electrons. The first kappa shape index (κ1) is 14.2. The number of hydroxylamine groups is 2. The number of hydrogen-bond donors (Lipinski definition) is 0. The molecule has 0 atom stereocenters. The number of hydrogen-bond acceptors (Lipinski definition) is 3. The number of fused-ring (bicyclic) bond motifs is 1. The topological polar surface area (TPSA) is 42.4 Å². The van der Waals surface area contributed by atoms with Crippen molar-refractivity contribution in [2.24, 2.45) is 0 Å². The fourth-order valence-corrected chi connectivity index (χ4v) is 2.65. The molecular weight excluding hydrogens is 300 g/mol. The Morgan fingerprint density at radius 3 is 2.29 bits per heavy atom. The van der Waals surface area contributed by atoms with Crippen LogP contribution in [0.3, 0.4) is 0 Å². The van der Waals surface area contributed by atoms with Crippen molar-refractivity contribution in [3.8, 4) is 5.88 Å². The van der Waals surface area contributed by atoms with Crippen LogP contribution in [0, 0.1) is 0 Å². The van der Waals surface area contributed by atoms with Crippen LogP contribution >= 0.6 is 0 Å². The molecule has 0 saturated heterocycles. The highest BCUT2D eigenvalue weighted by Crippen LogP contribution is 2.34. The molecule has 0 aliphatic carbocycles. The molecule has 3 aromatic rings. The highest BCUT2D eigenvalue weighted by molar-refractivity contribution is 6.11. The summed E-state index contributed by atoms with van der Waals surface area (Å²) >= 11 is 0. The smallest absolute Gasteiger partial charge is 0.292 e. The van der Waals surface area contributed by atoms with Crippen molar-refractivity contribution in [3.63, 3.8) is 0 Å². The summed E-state index contributed by atoms with van der Waals surface area (Å²) in [6.07, 6.45) is 3.57. The molecule has 1 aromatic heterocycles. The summed E-state index contributed by atoms with van der Waals surface area (Å²) in [7, 11) is 0. The number of rotatable bonds is 3. The molecular formula is C20H14N2O2. The van der Waals surface area contributed by atoms with Gasteiger partial charge in [-0.2, -0.15) is 0 Å². The van der Waals surface area contributed by atoms with Crippen LogP contribution in [-0.4, -0.2) is 16.0 Å². The van der Waals surface area contributed by atoms with Gasteiger partial charge in [0.25, 0.3) is 5.91 Å². The first-order valence-electron chi connectivity index (χ1n) is 7.62. The predicted octanol–water partition coefficient (Wildman–Crippen LogP) is 4.03. The number of carbonyl (C=O) groups excluding carboxylic acids is 1. The monoisotopic (exact) mass is 314 g/mol. The summed E-state index contributed by atoms with van der Waals surface area (Å²) in [5.41, 5.74) is 3.16. The maximum atomic E-state index is 12.7. The van der Waals surface area contributed by atoms with Gasteiger partial charge in [-0.1, -0.05) is 54.6 Å². The molecule has 0 bridgehead atoms. The average Bonchev–Trinajstić information content (AvgIpc) is 2.90. The normalized spacial score (nSPS) is 14.8. The Morgan fingerprint density at radius 2 is 1.54 bits per heavy atom. The molecule has 2 heterocycles. The summed E-state index contributed by atoms with van der Waals surface area (Å²) in [5, 5.41) is 1.31. The zero-order valence-corrected chi connectivity index (χ0v) is 12.8. The van der Waals surface area contributed by atoms with Gasteiger partial charge in [0, 0.05) is 17.8 Å². The molecule has 2 aromatic carbocycles. The molecule has 0 N–H and O–H groups in total. The lowest BCUT2D eigenvalue weighted by Gasteiger charge is -2.17. The standard InChI is InChI=1S/C20H14N2O2/c23-20-17-11-5-4-10-16(17)18(14-15-8-2-1-3-9-15)22(20)24-19-12-6-7-13-21-19/h1-14H/b18-14+. The minimum absolute atomic E-state index is 0.196. The quantitative estimate of drug-likeness (QED) is 0.733. The number of benzene rings is 2. The third kappa shape index (κ3) is 2.54. The Morgan fingerprint density at radius 1 is 0.833 bits per heavy atom. The molecule has 4 nitrogen and oxygen atoms in total. The number of carbonyl (C=O) groups is 1. The third-order valence-electron chi connectivity index (χ3n) is 3.76. The number of aromatic nitrogens is 1. The lowest BCUT2D eigenvalue weighted by molar-refractivity contribution is 0.0107. The van der Waals surface area contributed by atoms with Gasteiger partial charge in [0.2, 0.25) is 5.88 Å². The van der Waals surface area contributed by atoms with Gasteiger partial charge in [0.1, 0.15) is 0 Å². The van der Waals surface area contributed by atoms with Crippen LogP contribution in [0.5, 0.6) is 5.88 Å². The van der Waals surface area contributed by atoms with Crippen molar-refractivity contribution in [3.05, 3.63) is 95.7 Å². The average molecular weight is 314 g/mol. The van der Waals surface area contributed by atoms with Crippen LogP contribution in [-0.2, 0) is 0 Å². The Hall–Kier alpha value is -3.40. The lowest BCUT2D eigenvalue weighted by atomic mass is 10.1. The Balaban J connectivity index is 1.79. The number of nitrogens with zero attached hydrogens (tertiary/aromatic N) is 2. The molecule has 116 valence electrons. The molecule has 24 heavy (non-hydrogen) atoms. The van der Waals surface area contributed by atoms with Crippen LogP contribution in [0.2, 0.25) is 0 Å². The molecule has 4 rings (SSSR count). The second-order valence-electron chi connectivity index (χ2n) is 5.34. The van der Waals surface area contributed by atoms with Gasteiger partial charge in [-0.3, -0.25) is 4.79 Å². The van der Waals surface area contributed by atoms with E-state index in [1.54, 1.807) is 24.4 Å². The van der Waals surface area contributed by atoms with E-state index in [9.17, 15) is 4.79 Å². The van der Waals surface area contributed by atoms with E-state index in [4.69, 9.17) is 4.84 Å². The Bertz CT molecular complexity index is 905. The fraction of sp³-hybridized carbons (Fsp3) is 0. The van der Waals surface area contributed by atoms with E-state index >= 15 is 0 Å². The zero-order chi connectivity index (χ0) is 16.4. The Kier molecular flexibility index (Phi) is 3.56. The van der Waals surface area contributed by atoms with Crippen molar-refractivity contribution < 1.29 is 9.63 Å². The van der Waals surface area contributed by atoms with Crippen LogP contribution in [0.25, 0.3) is 11.8 Å². The highest BCUT2D eigenvalue weighted by Gasteiger charge is 2.34. The van der Waals surface area contributed by atoms with E-state index in [0.717, 1.165) is 11.1 Å². The van der Waals surface area contributed by atoms with E-state index in [1.165, 1.54) is 5.06 Å². The van der Waals surface area contributed by atoms with Gasteiger partial charge in [0.05, 0.1) is 11.3 Å². The van der Waals surface area contributed by atoms with Gasteiger partial charge in [-0.05, 0) is 23.8 Å². The summed E-state index contributed by atoms with van der Waals surface area (Å²) in [6, 6.07) is 22.7. The van der Waals surface area contributed by atoms with Crippen molar-refractivity contribution in [2.45, 2.75) is 0 Å². The largest absolute Gasteiger partial charge is 0.351 e. The van der Waals surface area contributed by atoms with Gasteiger partial charge in [0.15, 0.2) is 0 Å². The van der Waals surface area contributed by atoms with Crippen molar-refractivity contribution in [2.75, 3.05) is 0 Å². The van der Waals surface area contributed by atoms with E-state index in [1.807, 2.05) is 60.7 Å². The Labute approximate surface area is 139 Å². The predicted molar refractivity (Wildman–Crippen MR) is 91.8 cm³/mol. The van der Waals surface area contributed by atoms with E-state index in [0.29, 0.717) is 17.1 Å². The summed E-state index contributed by atoms with van der Waals surface area (Å²) in [4.78, 5) is 22.6. The van der Waals surface area contributed by atoms with Crippen molar-refractivity contribution in [1.82, 2.24) is 10.0 Å². The molecule has 0 unspecified atom stereocenters. The van der Waals surface area contributed by atoms with Crippen LogP contribution in [0.4, 0.5) is 0 Å². The van der Waals surface area contributed by atoms with E-state index in [2.05, 4.69) is 4.98 Å². The molecule has 1 aliphatic rings.